The number of sulfonamides is 1. The maximum absolute atomic E-state index is 12.2. The van der Waals surface area contributed by atoms with E-state index in [4.69, 9.17) is 0 Å². The zero-order chi connectivity index (χ0) is 14.2. The fourth-order valence-electron chi connectivity index (χ4n) is 1.94. The summed E-state index contributed by atoms with van der Waals surface area (Å²) in [5.41, 5.74) is 0.431. The van der Waals surface area contributed by atoms with Crippen molar-refractivity contribution in [3.8, 4) is 0 Å². The predicted octanol–water partition coefficient (Wildman–Crippen LogP) is -0.385. The number of benzene rings is 1. The van der Waals surface area contributed by atoms with Crippen LogP contribution < -0.4 is 0 Å². The first-order chi connectivity index (χ1) is 8.82. The zero-order valence-electron chi connectivity index (χ0n) is 10.4. The zero-order valence-corrected chi connectivity index (χ0v) is 11.2. The van der Waals surface area contributed by atoms with Crippen LogP contribution in [0.15, 0.2) is 29.2 Å². The molecule has 0 amide bonds. The number of ketones is 1. The van der Waals surface area contributed by atoms with E-state index in [1.807, 2.05) is 0 Å². The summed E-state index contributed by atoms with van der Waals surface area (Å²) in [5, 5.41) is 18.8. The van der Waals surface area contributed by atoms with Crippen LogP contribution >= 0.6 is 0 Å². The van der Waals surface area contributed by atoms with Crippen molar-refractivity contribution in [2.24, 2.45) is 0 Å². The molecule has 0 radical (unpaired) electrons. The Morgan fingerprint density at radius 1 is 1.16 bits per heavy atom. The summed E-state index contributed by atoms with van der Waals surface area (Å²) in [4.78, 5) is 11.2. The quantitative estimate of drug-likeness (QED) is 0.738. The van der Waals surface area contributed by atoms with Gasteiger partial charge < -0.3 is 10.2 Å². The lowest BCUT2D eigenvalue weighted by atomic mass is 10.2. The fourth-order valence-corrected chi connectivity index (χ4v) is 3.42. The molecule has 0 saturated carbocycles. The molecule has 2 N–H and O–H groups in total. The lowest BCUT2D eigenvalue weighted by Crippen LogP contribution is -2.30. The second kappa shape index (κ2) is 5.01. The highest BCUT2D eigenvalue weighted by molar-refractivity contribution is 7.89. The number of hydrogen-bond donors (Lipinski definition) is 2. The number of carbonyl (C=O) groups is 1. The third-order valence-electron chi connectivity index (χ3n) is 3.12. The van der Waals surface area contributed by atoms with Gasteiger partial charge in [0.25, 0.3) is 0 Å². The second-order valence-electron chi connectivity index (χ2n) is 4.54. The van der Waals surface area contributed by atoms with E-state index in [0.29, 0.717) is 5.56 Å². The molecule has 2 rings (SSSR count). The van der Waals surface area contributed by atoms with Gasteiger partial charge in [-0.15, -0.1) is 0 Å². The van der Waals surface area contributed by atoms with Crippen molar-refractivity contribution in [2.45, 2.75) is 24.0 Å². The third kappa shape index (κ3) is 2.69. The van der Waals surface area contributed by atoms with Crippen LogP contribution in [-0.2, 0) is 10.0 Å². The number of β-amino-alcohol motifs (C(OH)–C–C–N with tert-alkyl or cyclic N) is 2. The van der Waals surface area contributed by atoms with Gasteiger partial charge in [-0.05, 0) is 19.1 Å². The number of hydrogen-bond acceptors (Lipinski definition) is 5. The number of nitrogens with zero attached hydrogens (tertiary/aromatic N) is 1. The number of Topliss-reactive ketones (excluding diaryl/α,β-unsaturated/α-hetero) is 1. The smallest absolute Gasteiger partial charge is 0.243 e. The molecule has 0 bridgehead atoms. The van der Waals surface area contributed by atoms with Crippen LogP contribution in [-0.4, -0.2) is 54.0 Å². The number of carbonyl (C=O) groups excluding carboxylic acids is 1. The Bertz CT molecular complexity index is 571. The van der Waals surface area contributed by atoms with Crippen LogP contribution in [0, 0.1) is 0 Å². The van der Waals surface area contributed by atoms with Crippen molar-refractivity contribution >= 4 is 15.8 Å². The highest BCUT2D eigenvalue weighted by atomic mass is 32.2. The van der Waals surface area contributed by atoms with E-state index in [2.05, 4.69) is 0 Å². The molecule has 1 fully saturated rings. The minimum Gasteiger partial charge on any atom is -0.389 e. The Labute approximate surface area is 111 Å². The molecular formula is C12H15NO5S. The number of rotatable bonds is 3. The SMILES string of the molecule is CC(=O)c1ccc(S(=O)(=O)N2C[C@@H](O)[C@@H](O)C2)cc1. The van der Waals surface area contributed by atoms with Crippen molar-refractivity contribution in [1.29, 1.82) is 0 Å². The van der Waals surface area contributed by atoms with E-state index >= 15 is 0 Å². The van der Waals surface area contributed by atoms with Gasteiger partial charge in [-0.25, -0.2) is 8.42 Å². The van der Waals surface area contributed by atoms with Crippen molar-refractivity contribution in [3.63, 3.8) is 0 Å². The second-order valence-corrected chi connectivity index (χ2v) is 6.48. The lowest BCUT2D eigenvalue weighted by Gasteiger charge is -2.15. The van der Waals surface area contributed by atoms with Crippen molar-refractivity contribution in [3.05, 3.63) is 29.8 Å². The van der Waals surface area contributed by atoms with E-state index in [9.17, 15) is 23.4 Å². The summed E-state index contributed by atoms with van der Waals surface area (Å²) in [6.45, 7) is 1.15. The average Bonchev–Trinajstić information content (AvgIpc) is 2.70. The van der Waals surface area contributed by atoms with Gasteiger partial charge >= 0.3 is 0 Å². The third-order valence-corrected chi connectivity index (χ3v) is 4.97. The van der Waals surface area contributed by atoms with Crippen LogP contribution in [0.2, 0.25) is 0 Å². The maximum atomic E-state index is 12.2. The molecule has 1 heterocycles. The van der Waals surface area contributed by atoms with Gasteiger partial charge in [0.1, 0.15) is 0 Å². The Balaban J connectivity index is 2.27. The van der Waals surface area contributed by atoms with Crippen LogP contribution in [0.5, 0.6) is 0 Å². The summed E-state index contributed by atoms with van der Waals surface area (Å²) >= 11 is 0. The predicted molar refractivity (Wildman–Crippen MR) is 67.2 cm³/mol. The van der Waals surface area contributed by atoms with Gasteiger partial charge in [-0.1, -0.05) is 12.1 Å². The Kier molecular flexibility index (Phi) is 3.73. The summed E-state index contributed by atoms with van der Waals surface area (Å²) < 4.78 is 25.5. The maximum Gasteiger partial charge on any atom is 0.243 e. The molecule has 0 spiro atoms. The summed E-state index contributed by atoms with van der Waals surface area (Å²) in [7, 11) is -3.74. The van der Waals surface area contributed by atoms with Gasteiger partial charge in [-0.3, -0.25) is 4.79 Å². The minimum atomic E-state index is -3.74. The van der Waals surface area contributed by atoms with E-state index in [-0.39, 0.29) is 23.8 Å². The van der Waals surface area contributed by atoms with Gasteiger partial charge in [0, 0.05) is 18.7 Å². The van der Waals surface area contributed by atoms with Gasteiger partial charge in [0.15, 0.2) is 5.78 Å². The largest absolute Gasteiger partial charge is 0.389 e. The first-order valence-corrected chi connectivity index (χ1v) is 7.23. The molecule has 7 heteroatoms. The Morgan fingerprint density at radius 3 is 2.05 bits per heavy atom. The molecule has 1 aromatic carbocycles. The number of aliphatic hydroxyl groups excluding tert-OH is 2. The first kappa shape index (κ1) is 14.1. The molecule has 1 aromatic rings. The molecule has 2 atom stereocenters. The highest BCUT2D eigenvalue weighted by Gasteiger charge is 2.37. The lowest BCUT2D eigenvalue weighted by molar-refractivity contribution is 0.0572. The fraction of sp³-hybridized carbons (Fsp3) is 0.417. The number of aliphatic hydroxyl groups is 2. The van der Waals surface area contributed by atoms with Gasteiger partial charge in [-0.2, -0.15) is 4.31 Å². The van der Waals surface area contributed by atoms with Crippen LogP contribution in [0.1, 0.15) is 17.3 Å². The molecule has 1 aliphatic rings. The van der Waals surface area contributed by atoms with E-state index < -0.39 is 22.2 Å². The van der Waals surface area contributed by atoms with Crippen LogP contribution in [0.4, 0.5) is 0 Å². The normalized spacial score (nSPS) is 24.6. The molecule has 0 unspecified atom stereocenters. The summed E-state index contributed by atoms with van der Waals surface area (Å²) in [6, 6.07) is 5.59. The first-order valence-electron chi connectivity index (χ1n) is 5.79. The Morgan fingerprint density at radius 2 is 1.63 bits per heavy atom. The standard InChI is InChI=1S/C12H15NO5S/c1-8(14)9-2-4-10(5-3-9)19(17,18)13-6-11(15)12(16)7-13/h2-5,11-12,15-16H,6-7H2,1H3/t11-,12+. The minimum absolute atomic E-state index is 0.0406. The molecule has 0 aliphatic carbocycles. The average molecular weight is 285 g/mol. The summed E-state index contributed by atoms with van der Waals surface area (Å²) in [6.07, 6.45) is -2.13. The molecule has 19 heavy (non-hydrogen) atoms. The molecule has 1 saturated heterocycles. The molecule has 1 aliphatic heterocycles. The van der Waals surface area contributed by atoms with Gasteiger partial charge in [0.05, 0.1) is 17.1 Å². The summed E-state index contributed by atoms with van der Waals surface area (Å²) in [5.74, 6) is -0.143. The molecular weight excluding hydrogens is 270 g/mol. The van der Waals surface area contributed by atoms with Crippen molar-refractivity contribution in [1.82, 2.24) is 4.31 Å². The van der Waals surface area contributed by atoms with E-state index in [1.165, 1.54) is 31.2 Å². The molecule has 0 aromatic heterocycles. The monoisotopic (exact) mass is 285 g/mol. The van der Waals surface area contributed by atoms with Crippen LogP contribution in [0.25, 0.3) is 0 Å². The highest BCUT2D eigenvalue weighted by Crippen LogP contribution is 2.21. The van der Waals surface area contributed by atoms with Gasteiger partial charge in [0.2, 0.25) is 10.0 Å². The van der Waals surface area contributed by atoms with Crippen molar-refractivity contribution in [2.75, 3.05) is 13.1 Å². The van der Waals surface area contributed by atoms with Crippen LogP contribution in [0.3, 0.4) is 0 Å². The molecule has 6 nitrogen and oxygen atoms in total. The van der Waals surface area contributed by atoms with Crippen molar-refractivity contribution < 1.29 is 23.4 Å². The van der Waals surface area contributed by atoms with E-state index in [0.717, 1.165) is 4.31 Å². The molecule has 104 valence electrons. The van der Waals surface area contributed by atoms with E-state index in [1.54, 1.807) is 0 Å². The topological polar surface area (TPSA) is 94.9 Å². The Hall–Kier alpha value is -1.28.